The van der Waals surface area contributed by atoms with Gasteiger partial charge in [0.05, 0.1) is 11.1 Å². The molecular weight excluding hydrogens is 402 g/mol. The monoisotopic (exact) mass is 435 g/mol. The minimum Gasteiger partial charge on any atom is -0.381 e. The average molecular weight is 436 g/mol. The van der Waals surface area contributed by atoms with Crippen LogP contribution >= 0.6 is 0 Å². The number of amides is 2. The van der Waals surface area contributed by atoms with Gasteiger partial charge in [0.25, 0.3) is 0 Å². The van der Waals surface area contributed by atoms with Gasteiger partial charge in [-0.25, -0.2) is 0 Å². The summed E-state index contributed by atoms with van der Waals surface area (Å²) in [6.45, 7) is 4.20. The van der Waals surface area contributed by atoms with E-state index in [0.717, 1.165) is 23.2 Å². The van der Waals surface area contributed by atoms with E-state index in [0.29, 0.717) is 45.6 Å². The second-order valence-corrected chi connectivity index (χ2v) is 9.39. The first kappa shape index (κ1) is 22.5. The van der Waals surface area contributed by atoms with E-state index in [1.54, 1.807) is 25.2 Å². The third kappa shape index (κ3) is 3.92. The molecule has 1 unspecified atom stereocenters. The Morgan fingerprint density at radius 2 is 1.81 bits per heavy atom. The van der Waals surface area contributed by atoms with Crippen LogP contribution in [0.2, 0.25) is 0 Å². The summed E-state index contributed by atoms with van der Waals surface area (Å²) in [6, 6.07) is 14.0. The zero-order valence-electron chi connectivity index (χ0n) is 19.3. The summed E-state index contributed by atoms with van der Waals surface area (Å²) in [6.07, 6.45) is 4.50. The Balaban J connectivity index is 1.73. The fraction of sp³-hybridized carbons (Fsp3) is 0.500. The summed E-state index contributed by atoms with van der Waals surface area (Å²) >= 11 is 0. The summed E-state index contributed by atoms with van der Waals surface area (Å²) in [4.78, 5) is 35.8. The fourth-order valence-electron chi connectivity index (χ4n) is 5.39. The molecule has 0 aliphatic carbocycles. The molecule has 0 bridgehead atoms. The highest BCUT2D eigenvalue weighted by Crippen LogP contribution is 2.41. The third-order valence-electron chi connectivity index (χ3n) is 7.08. The van der Waals surface area contributed by atoms with Crippen LogP contribution in [0.25, 0.3) is 0 Å². The first-order chi connectivity index (χ1) is 15.4. The Morgan fingerprint density at radius 3 is 2.47 bits per heavy atom. The van der Waals surface area contributed by atoms with E-state index in [1.807, 2.05) is 29.2 Å². The smallest absolute Gasteiger partial charge is 0.236 e. The Bertz CT molecular complexity index is 969. The number of piperidine rings is 1. The first-order valence-corrected chi connectivity index (χ1v) is 11.5. The van der Waals surface area contributed by atoms with E-state index in [1.165, 1.54) is 0 Å². The first-order valence-electron chi connectivity index (χ1n) is 11.5. The van der Waals surface area contributed by atoms with Crippen LogP contribution in [0.4, 0.5) is 0 Å². The quantitative estimate of drug-likeness (QED) is 0.741. The summed E-state index contributed by atoms with van der Waals surface area (Å²) in [7, 11) is 3.56. The Labute approximate surface area is 190 Å². The molecule has 6 heteroatoms. The molecule has 0 N–H and O–H groups in total. The molecule has 0 radical (unpaired) electrons. The molecule has 4 rings (SSSR count). The number of likely N-dealkylation sites (tertiary alicyclic amines) is 1. The molecule has 2 aliphatic heterocycles. The Kier molecular flexibility index (Phi) is 6.33. The molecule has 170 valence electrons. The Hall–Kier alpha value is -2.73. The van der Waals surface area contributed by atoms with Crippen LogP contribution in [0, 0.1) is 6.92 Å². The summed E-state index contributed by atoms with van der Waals surface area (Å²) in [5, 5.41) is 0. The molecule has 2 amide bonds. The Morgan fingerprint density at radius 1 is 1.03 bits per heavy atom. The lowest BCUT2D eigenvalue weighted by Gasteiger charge is -2.46. The van der Waals surface area contributed by atoms with E-state index in [-0.39, 0.29) is 11.8 Å². The maximum Gasteiger partial charge on any atom is 0.236 e. The number of rotatable bonds is 4. The molecule has 3 heterocycles. The standard InChI is InChI=1S/C26H33N3O3/c1-20-8-6-9-21(18-20)25(12-16-32-17-13-25)24(31)29-15-7-11-26(19-29,23(30)28(2)3)22-10-4-5-14-27-22/h4-6,8-10,14,18H,7,11-13,15-17,19H2,1-3H3. The van der Waals surface area contributed by atoms with Gasteiger partial charge in [0, 0.05) is 46.6 Å². The fourth-order valence-corrected chi connectivity index (χ4v) is 5.39. The van der Waals surface area contributed by atoms with Crippen molar-refractivity contribution in [3.63, 3.8) is 0 Å². The lowest BCUT2D eigenvalue weighted by atomic mass is 9.70. The number of pyridine rings is 1. The molecule has 0 spiro atoms. The number of benzene rings is 1. The highest BCUT2D eigenvalue weighted by atomic mass is 16.5. The molecular formula is C26H33N3O3. The molecule has 2 aromatic rings. The summed E-state index contributed by atoms with van der Waals surface area (Å²) in [5.74, 6) is 0.114. The van der Waals surface area contributed by atoms with E-state index in [4.69, 9.17) is 4.74 Å². The lowest BCUT2D eigenvalue weighted by molar-refractivity contribution is -0.147. The lowest BCUT2D eigenvalue weighted by Crippen LogP contribution is -2.59. The highest BCUT2D eigenvalue weighted by molar-refractivity contribution is 5.92. The summed E-state index contributed by atoms with van der Waals surface area (Å²) < 4.78 is 5.65. The predicted octanol–water partition coefficient (Wildman–Crippen LogP) is 3.09. The van der Waals surface area contributed by atoms with Crippen LogP contribution in [0.15, 0.2) is 48.7 Å². The van der Waals surface area contributed by atoms with E-state index in [9.17, 15) is 9.59 Å². The van der Waals surface area contributed by atoms with Gasteiger partial charge in [0.2, 0.25) is 11.8 Å². The number of likely N-dealkylation sites (N-methyl/N-ethyl adjacent to an activating group) is 1. The van der Waals surface area contributed by atoms with Crippen molar-refractivity contribution in [2.24, 2.45) is 0 Å². The molecule has 6 nitrogen and oxygen atoms in total. The molecule has 32 heavy (non-hydrogen) atoms. The van der Waals surface area contributed by atoms with Crippen molar-refractivity contribution in [1.82, 2.24) is 14.8 Å². The second-order valence-electron chi connectivity index (χ2n) is 9.39. The van der Waals surface area contributed by atoms with E-state index >= 15 is 0 Å². The molecule has 1 aromatic heterocycles. The number of carbonyl (C=O) groups excluding carboxylic acids is 2. The van der Waals surface area contributed by atoms with Crippen molar-refractivity contribution in [2.45, 2.75) is 43.4 Å². The number of aromatic nitrogens is 1. The van der Waals surface area contributed by atoms with Crippen LogP contribution in [-0.4, -0.2) is 67.0 Å². The zero-order chi connectivity index (χ0) is 22.8. The van der Waals surface area contributed by atoms with Gasteiger partial charge in [-0.3, -0.25) is 14.6 Å². The molecule has 0 saturated carbocycles. The van der Waals surface area contributed by atoms with Crippen molar-refractivity contribution >= 4 is 11.8 Å². The van der Waals surface area contributed by atoms with Gasteiger partial charge in [-0.05, 0) is 50.3 Å². The van der Waals surface area contributed by atoms with Gasteiger partial charge >= 0.3 is 0 Å². The minimum absolute atomic E-state index is 0.00489. The number of hydrogen-bond donors (Lipinski definition) is 0. The number of aryl methyl sites for hydroxylation is 1. The maximum atomic E-state index is 14.2. The van der Waals surface area contributed by atoms with Crippen molar-refractivity contribution in [1.29, 1.82) is 0 Å². The maximum absolute atomic E-state index is 14.2. The topological polar surface area (TPSA) is 62.7 Å². The average Bonchev–Trinajstić information content (AvgIpc) is 2.84. The van der Waals surface area contributed by atoms with Crippen LogP contribution in [0.1, 0.15) is 42.5 Å². The predicted molar refractivity (Wildman–Crippen MR) is 123 cm³/mol. The second kappa shape index (κ2) is 9.02. The van der Waals surface area contributed by atoms with Crippen LogP contribution in [0.3, 0.4) is 0 Å². The van der Waals surface area contributed by atoms with Gasteiger partial charge in [-0.15, -0.1) is 0 Å². The highest BCUT2D eigenvalue weighted by Gasteiger charge is 2.51. The zero-order valence-corrected chi connectivity index (χ0v) is 19.3. The number of hydrogen-bond acceptors (Lipinski definition) is 4. The molecule has 2 saturated heterocycles. The molecule has 1 atom stereocenters. The number of ether oxygens (including phenoxy) is 1. The van der Waals surface area contributed by atoms with Gasteiger partial charge in [-0.1, -0.05) is 35.9 Å². The normalized spacial score (nSPS) is 22.9. The number of nitrogens with zero attached hydrogens (tertiary/aromatic N) is 3. The van der Waals surface area contributed by atoms with Crippen molar-refractivity contribution in [3.8, 4) is 0 Å². The van der Waals surface area contributed by atoms with Gasteiger partial charge in [-0.2, -0.15) is 0 Å². The molecule has 1 aromatic carbocycles. The summed E-state index contributed by atoms with van der Waals surface area (Å²) in [5.41, 5.74) is 1.51. The number of carbonyl (C=O) groups is 2. The van der Waals surface area contributed by atoms with Crippen LogP contribution < -0.4 is 0 Å². The SMILES string of the molecule is Cc1cccc(C2(C(=O)N3CCCC(C(=O)N(C)C)(c4ccccn4)C3)CCOCC2)c1. The van der Waals surface area contributed by atoms with Crippen molar-refractivity contribution in [3.05, 3.63) is 65.5 Å². The van der Waals surface area contributed by atoms with E-state index in [2.05, 4.69) is 30.1 Å². The van der Waals surface area contributed by atoms with Gasteiger partial charge in [0.15, 0.2) is 0 Å². The van der Waals surface area contributed by atoms with Gasteiger partial charge < -0.3 is 14.5 Å². The molecule has 2 aliphatic rings. The van der Waals surface area contributed by atoms with Crippen molar-refractivity contribution < 1.29 is 14.3 Å². The molecule has 2 fully saturated rings. The third-order valence-corrected chi connectivity index (χ3v) is 7.08. The van der Waals surface area contributed by atoms with Gasteiger partial charge in [0.1, 0.15) is 5.41 Å². The van der Waals surface area contributed by atoms with E-state index < -0.39 is 10.8 Å². The largest absolute Gasteiger partial charge is 0.381 e. The van der Waals surface area contributed by atoms with Crippen molar-refractivity contribution in [2.75, 3.05) is 40.4 Å². The van der Waals surface area contributed by atoms with Crippen LogP contribution in [-0.2, 0) is 25.2 Å². The van der Waals surface area contributed by atoms with Crippen LogP contribution in [0.5, 0.6) is 0 Å². The minimum atomic E-state index is -0.822.